The average Bonchev–Trinajstić information content (AvgIpc) is 2.63. The van der Waals surface area contributed by atoms with Crippen LogP contribution in [0.5, 0.6) is 0 Å². The van der Waals surface area contributed by atoms with Crippen molar-refractivity contribution in [3.63, 3.8) is 0 Å². The quantitative estimate of drug-likeness (QED) is 0.485. The fourth-order valence-corrected chi connectivity index (χ4v) is 1.29. The summed E-state index contributed by atoms with van der Waals surface area (Å²) >= 11 is 4.07. The van der Waals surface area contributed by atoms with Crippen molar-refractivity contribution in [2.75, 3.05) is 11.5 Å². The molecule has 0 atom stereocenters. The van der Waals surface area contributed by atoms with Gasteiger partial charge in [-0.05, 0) is 5.92 Å². The summed E-state index contributed by atoms with van der Waals surface area (Å²) in [5, 5.41) is 7.45. The van der Waals surface area contributed by atoms with Gasteiger partial charge in [-0.15, -0.1) is 0 Å². The smallest absolute Gasteiger partial charge is 0.187 e. The van der Waals surface area contributed by atoms with Crippen LogP contribution in [0.15, 0.2) is 6.33 Å². The van der Waals surface area contributed by atoms with Crippen molar-refractivity contribution in [3.8, 4) is 11.8 Å². The van der Waals surface area contributed by atoms with E-state index in [1.54, 1.807) is 0 Å². The van der Waals surface area contributed by atoms with Crippen LogP contribution >= 0.6 is 12.6 Å². The molecule has 76 valence electrons. The predicted octanol–water partition coefficient (Wildman–Crippen LogP) is 0.606. The topological polar surface area (TPSA) is 80.5 Å². The molecule has 2 heterocycles. The second kappa shape index (κ2) is 4.19. The molecule has 5 nitrogen and oxygen atoms in total. The number of nitrogens with zero attached hydrogens (tertiary/aromatic N) is 3. The molecule has 2 rings (SSSR count). The minimum Gasteiger partial charge on any atom is -0.383 e. The van der Waals surface area contributed by atoms with Crippen LogP contribution in [0.2, 0.25) is 0 Å². The maximum atomic E-state index is 5.71. The van der Waals surface area contributed by atoms with Gasteiger partial charge < -0.3 is 5.73 Å². The Kier molecular flexibility index (Phi) is 2.74. The van der Waals surface area contributed by atoms with Crippen LogP contribution in [0.3, 0.4) is 0 Å². The summed E-state index contributed by atoms with van der Waals surface area (Å²) in [5.74, 6) is 7.00. The first-order valence-corrected chi connectivity index (χ1v) is 5.00. The summed E-state index contributed by atoms with van der Waals surface area (Å²) in [5.41, 5.74) is 6.91. The summed E-state index contributed by atoms with van der Waals surface area (Å²) in [7, 11) is 0. The maximum Gasteiger partial charge on any atom is 0.187 e. The Balaban J connectivity index is 2.50. The molecule has 0 aromatic carbocycles. The third kappa shape index (κ3) is 1.87. The van der Waals surface area contributed by atoms with E-state index in [1.165, 1.54) is 6.33 Å². The van der Waals surface area contributed by atoms with Crippen molar-refractivity contribution >= 4 is 29.5 Å². The molecule has 0 aliphatic rings. The second-order valence-corrected chi connectivity index (χ2v) is 3.28. The Bertz CT molecular complexity index is 536. The molecule has 2 aromatic heterocycles. The molecule has 0 amide bonds. The maximum absolute atomic E-state index is 5.71. The van der Waals surface area contributed by atoms with E-state index < -0.39 is 0 Å². The SMILES string of the molecule is Nc1ncnc2n[nH]c(C#CCCS)c12. The first-order valence-electron chi connectivity index (χ1n) is 4.37. The zero-order valence-corrected chi connectivity index (χ0v) is 8.75. The standard InChI is InChI=1S/C9H9N5S/c10-8-7-6(3-1-2-4-15)13-14-9(7)12-5-11-8/h5,15H,2,4H2,(H3,10,11,12,13,14). The number of hydrogen-bond donors (Lipinski definition) is 3. The third-order valence-electron chi connectivity index (χ3n) is 1.83. The van der Waals surface area contributed by atoms with Crippen molar-refractivity contribution in [1.82, 2.24) is 20.2 Å². The minimum absolute atomic E-state index is 0.393. The second-order valence-electron chi connectivity index (χ2n) is 2.83. The fourth-order valence-electron chi connectivity index (χ4n) is 1.18. The Morgan fingerprint density at radius 3 is 3.13 bits per heavy atom. The summed E-state index contributed by atoms with van der Waals surface area (Å²) < 4.78 is 0. The molecule has 0 aliphatic carbocycles. The molecule has 0 aliphatic heterocycles. The van der Waals surface area contributed by atoms with E-state index in [9.17, 15) is 0 Å². The lowest BCUT2D eigenvalue weighted by atomic mass is 10.3. The van der Waals surface area contributed by atoms with E-state index in [1.807, 2.05) is 0 Å². The zero-order chi connectivity index (χ0) is 10.7. The molecule has 6 heteroatoms. The monoisotopic (exact) mass is 219 g/mol. The van der Waals surface area contributed by atoms with Crippen molar-refractivity contribution in [1.29, 1.82) is 0 Å². The summed E-state index contributed by atoms with van der Waals surface area (Å²) in [6.45, 7) is 0. The lowest BCUT2D eigenvalue weighted by molar-refractivity contribution is 1.08. The number of fused-ring (bicyclic) bond motifs is 1. The first-order chi connectivity index (χ1) is 7.33. The van der Waals surface area contributed by atoms with Gasteiger partial charge in [-0.2, -0.15) is 17.7 Å². The van der Waals surface area contributed by atoms with Gasteiger partial charge in [0.1, 0.15) is 17.8 Å². The molecule has 0 saturated heterocycles. The van der Waals surface area contributed by atoms with Crippen LogP contribution in [-0.2, 0) is 0 Å². The number of nitrogens with two attached hydrogens (primary N) is 1. The van der Waals surface area contributed by atoms with Crippen molar-refractivity contribution < 1.29 is 0 Å². The molecule has 2 aromatic rings. The van der Waals surface area contributed by atoms with Crippen molar-refractivity contribution in [3.05, 3.63) is 12.0 Å². The molecule has 15 heavy (non-hydrogen) atoms. The number of aromatic amines is 1. The highest BCUT2D eigenvalue weighted by Gasteiger charge is 2.07. The van der Waals surface area contributed by atoms with Gasteiger partial charge in [-0.3, -0.25) is 5.10 Å². The van der Waals surface area contributed by atoms with E-state index >= 15 is 0 Å². The molecule has 3 N–H and O–H groups in total. The molecule has 0 unspecified atom stereocenters. The lowest BCUT2D eigenvalue weighted by Crippen LogP contribution is -1.92. The van der Waals surface area contributed by atoms with Crippen LogP contribution < -0.4 is 5.73 Å². The Morgan fingerprint density at radius 2 is 2.33 bits per heavy atom. The largest absolute Gasteiger partial charge is 0.383 e. The minimum atomic E-state index is 0.393. The number of nitrogens with one attached hydrogen (secondary N) is 1. The summed E-state index contributed by atoms with van der Waals surface area (Å²) in [6, 6.07) is 0. The Labute approximate surface area is 91.9 Å². The van der Waals surface area contributed by atoms with Crippen LogP contribution in [0.1, 0.15) is 12.1 Å². The molecular formula is C9H9N5S. The van der Waals surface area contributed by atoms with Gasteiger partial charge in [-0.25, -0.2) is 9.97 Å². The zero-order valence-electron chi connectivity index (χ0n) is 7.86. The van der Waals surface area contributed by atoms with E-state index in [-0.39, 0.29) is 0 Å². The molecule has 0 fully saturated rings. The highest BCUT2D eigenvalue weighted by atomic mass is 32.1. The number of anilines is 1. The molecule has 0 bridgehead atoms. The average molecular weight is 219 g/mol. The van der Waals surface area contributed by atoms with Gasteiger partial charge in [0.2, 0.25) is 0 Å². The van der Waals surface area contributed by atoms with Crippen LogP contribution in [0.25, 0.3) is 11.0 Å². The lowest BCUT2D eigenvalue weighted by Gasteiger charge is -1.91. The van der Waals surface area contributed by atoms with E-state index in [0.29, 0.717) is 22.5 Å². The number of nitrogen functional groups attached to an aromatic ring is 1. The normalized spacial score (nSPS) is 9.93. The van der Waals surface area contributed by atoms with E-state index in [0.717, 1.165) is 12.2 Å². The number of rotatable bonds is 1. The summed E-state index contributed by atoms with van der Waals surface area (Å²) in [6.07, 6.45) is 2.10. The van der Waals surface area contributed by atoms with E-state index in [2.05, 4.69) is 44.6 Å². The third-order valence-corrected chi connectivity index (χ3v) is 2.05. The Hall–Kier alpha value is -1.74. The van der Waals surface area contributed by atoms with Gasteiger partial charge >= 0.3 is 0 Å². The predicted molar refractivity (Wildman–Crippen MR) is 61.4 cm³/mol. The molecule has 0 saturated carbocycles. The first kappa shape index (κ1) is 9.80. The molecule has 0 radical (unpaired) electrons. The number of thiol groups is 1. The van der Waals surface area contributed by atoms with Gasteiger partial charge in [0.05, 0.1) is 5.39 Å². The van der Waals surface area contributed by atoms with Crippen molar-refractivity contribution in [2.24, 2.45) is 0 Å². The highest BCUT2D eigenvalue weighted by molar-refractivity contribution is 7.80. The number of hydrogen-bond acceptors (Lipinski definition) is 5. The highest BCUT2D eigenvalue weighted by Crippen LogP contribution is 2.17. The van der Waals surface area contributed by atoms with Crippen LogP contribution in [0, 0.1) is 11.8 Å². The van der Waals surface area contributed by atoms with Crippen LogP contribution in [-0.4, -0.2) is 25.9 Å². The number of H-pyrrole nitrogens is 1. The molecular weight excluding hydrogens is 210 g/mol. The summed E-state index contributed by atoms with van der Waals surface area (Å²) in [4.78, 5) is 7.87. The van der Waals surface area contributed by atoms with Gasteiger partial charge in [-0.1, -0.05) is 5.92 Å². The molecule has 0 spiro atoms. The van der Waals surface area contributed by atoms with Gasteiger partial charge in [0.25, 0.3) is 0 Å². The fraction of sp³-hybridized carbons (Fsp3) is 0.222. The van der Waals surface area contributed by atoms with Gasteiger partial charge in [0.15, 0.2) is 5.65 Å². The van der Waals surface area contributed by atoms with E-state index in [4.69, 9.17) is 5.73 Å². The van der Waals surface area contributed by atoms with Crippen LogP contribution in [0.4, 0.5) is 5.82 Å². The van der Waals surface area contributed by atoms with Crippen molar-refractivity contribution in [2.45, 2.75) is 6.42 Å². The Morgan fingerprint density at radius 1 is 1.47 bits per heavy atom. The number of aromatic nitrogens is 4. The van der Waals surface area contributed by atoms with Gasteiger partial charge in [0, 0.05) is 12.2 Å².